The van der Waals surface area contributed by atoms with Gasteiger partial charge in [-0.1, -0.05) is 104 Å². The first-order valence-electron chi connectivity index (χ1n) is 47.5. The summed E-state index contributed by atoms with van der Waals surface area (Å²) in [5.74, 6) is 3.22. The van der Waals surface area contributed by atoms with Crippen LogP contribution in [0.25, 0.3) is 61.0 Å². The van der Waals surface area contributed by atoms with E-state index in [0.717, 1.165) is 176 Å². The Bertz CT molecular complexity index is 6960. The van der Waals surface area contributed by atoms with Crippen molar-refractivity contribution in [3.63, 3.8) is 0 Å². The summed E-state index contributed by atoms with van der Waals surface area (Å²) < 4.78 is 29.3. The van der Waals surface area contributed by atoms with Gasteiger partial charge in [-0.3, -0.25) is 29.0 Å². The number of aryl methyl sites for hydroxylation is 2. The summed E-state index contributed by atoms with van der Waals surface area (Å²) in [4.78, 5) is 102. The largest absolute Gasteiger partial charge is 0.494 e. The number of carbonyl (C=O) groups is 4. The van der Waals surface area contributed by atoms with Crippen molar-refractivity contribution in [2.45, 2.75) is 109 Å². The fraction of sp³-hybridized carbons (Fsp3) is 0.343. The maximum atomic E-state index is 13.6. The number of nitrogens with one attached hydrogen (secondary N) is 7. The Morgan fingerprint density at radius 3 is 1.56 bits per heavy atom. The lowest BCUT2D eigenvalue weighted by molar-refractivity contribution is -0.112. The Kier molecular flexibility index (Phi) is 28.2. The molecule has 35 heteroatoms. The summed E-state index contributed by atoms with van der Waals surface area (Å²) in [7, 11) is 10.5. The third kappa shape index (κ3) is 20.8. The van der Waals surface area contributed by atoms with Gasteiger partial charge in [0.05, 0.1) is 102 Å². The predicted octanol–water partition coefficient (Wildman–Crippen LogP) is 15.6. The minimum atomic E-state index is -0.393. The third-order valence-corrected chi connectivity index (χ3v) is 26.7. The number of nitrogens with zero attached hydrogens (tertiary/aromatic N) is 20. The van der Waals surface area contributed by atoms with E-state index in [2.05, 4.69) is 154 Å². The highest BCUT2D eigenvalue weighted by atomic mass is 16.5. The fourth-order valence-corrected chi connectivity index (χ4v) is 18.9. The van der Waals surface area contributed by atoms with Gasteiger partial charge in [0, 0.05) is 173 Å². The number of fused-ring (bicyclic) bond motifs is 4. The number of likely N-dealkylation sites (N-methyl/N-ethyl adjacent to an activating group) is 2. The average molecular weight is 1880 g/mol. The zero-order chi connectivity index (χ0) is 97.5. The van der Waals surface area contributed by atoms with Gasteiger partial charge < -0.3 is 84.9 Å². The molecule has 7 N–H and O–H groups in total. The topological polar surface area (TPSA) is 387 Å². The highest BCUT2D eigenvalue weighted by Crippen LogP contribution is 2.48. The quantitative estimate of drug-likeness (QED) is 0.0188. The summed E-state index contributed by atoms with van der Waals surface area (Å²) in [5.41, 5.74) is 13.8. The maximum absolute atomic E-state index is 13.6. The van der Waals surface area contributed by atoms with E-state index in [-0.39, 0.29) is 46.9 Å². The molecule has 3 aliphatic carbocycles. The number of methoxy groups -OCH3 is 3. The molecule has 8 aromatic heterocycles. The minimum Gasteiger partial charge on any atom is -0.494 e. The van der Waals surface area contributed by atoms with Crippen LogP contribution in [-0.4, -0.2) is 230 Å². The second-order valence-corrected chi connectivity index (χ2v) is 36.6. The standard InChI is InChI=1S/C36H40N8O3.C35H40N10O3.C34H35N9O2/c1-4-34(45)39-29-16-30(33(46-3)17-32(29)42-14-12-24(13-15-42)43-20-26(21-43)47-5-2)40-36-38-19-23(18-37)35(41-36)28-22-44(25-10-11-25)31-9-7-6-8-27(28)31;1-8-30(46)38-27-19-28(34(48-7)40-32(27)44(6)18-17-43(4)5)39-35-37-21-26(33(47)36-20-24-15-13-22(2)14-16-24)31(41-35)45-29-12-10-9-11-25(29)23(3)42-45;1-3-30(44)37-27-12-28(33(45-2)40-32(27)42-17-21-15-41(23-8-9-23)16-22(21)18-42)38-34-36-14-20(13-35)31(39-34)26-19-43(24-10-11-24)29-7-5-4-6-25(26)29/h4,6-9,16-17,19,22,24-26H,1,5,10-15,20-21H2,2-3H3,(H,39,45)(H,38,40,41);8-16,19,21H,1,17-18,20H2,2-7H3,(H,36,47)(H,38,46)(H,37,39,41);3-7,12,14,19,21-24H,1,8-11,15-18H2,2H3,(H,37,44)(H,36,38,39)/t;;21-,22+. The number of likely N-dealkylation sites (tertiary alicyclic amines) is 2. The van der Waals surface area contributed by atoms with Gasteiger partial charge in [0.25, 0.3) is 5.91 Å². The van der Waals surface area contributed by atoms with Crippen molar-refractivity contribution >= 4 is 126 Å². The molecule has 13 aromatic rings. The number of hydrogen-bond acceptors (Lipinski definition) is 28. The second kappa shape index (κ2) is 41.7. The molecular weight excluding hydrogens is 1770 g/mol. The van der Waals surface area contributed by atoms with Gasteiger partial charge >= 0.3 is 0 Å². The van der Waals surface area contributed by atoms with Crippen LogP contribution in [0.3, 0.4) is 0 Å². The number of hydrogen-bond donors (Lipinski definition) is 7. The van der Waals surface area contributed by atoms with Crippen LogP contribution >= 0.6 is 0 Å². The number of carbonyl (C=O) groups excluding carboxylic acids is 4. The molecule has 0 radical (unpaired) electrons. The molecule has 2 atom stereocenters. The highest BCUT2D eigenvalue weighted by molar-refractivity contribution is 6.05. The molecule has 140 heavy (non-hydrogen) atoms. The smallest absolute Gasteiger partial charge is 0.256 e. The number of ether oxygens (including phenoxy) is 4. The lowest BCUT2D eigenvalue weighted by Crippen LogP contribution is -2.58. The Balaban J connectivity index is 0.000000139. The number of nitriles is 2. The zero-order valence-electron chi connectivity index (χ0n) is 80.2. The van der Waals surface area contributed by atoms with E-state index < -0.39 is 5.91 Å². The molecule has 718 valence electrons. The Morgan fingerprint density at radius 1 is 0.514 bits per heavy atom. The van der Waals surface area contributed by atoms with Crippen molar-refractivity contribution in [3.8, 4) is 58.0 Å². The predicted molar refractivity (Wildman–Crippen MR) is 544 cm³/mol. The van der Waals surface area contributed by atoms with Gasteiger partial charge in [-0.15, -0.1) is 0 Å². The first-order valence-corrected chi connectivity index (χ1v) is 47.5. The molecule has 4 saturated heterocycles. The van der Waals surface area contributed by atoms with Crippen LogP contribution in [0.5, 0.6) is 17.5 Å². The number of benzene rings is 5. The minimum absolute atomic E-state index is 0.159. The van der Waals surface area contributed by atoms with Crippen LogP contribution < -0.4 is 66.1 Å². The van der Waals surface area contributed by atoms with Crippen LogP contribution in [-0.2, 0) is 25.7 Å². The van der Waals surface area contributed by atoms with Gasteiger partial charge in [-0.2, -0.15) is 30.6 Å². The van der Waals surface area contributed by atoms with E-state index in [0.29, 0.717) is 135 Å². The van der Waals surface area contributed by atoms with Gasteiger partial charge in [-0.25, -0.2) is 29.6 Å². The summed E-state index contributed by atoms with van der Waals surface area (Å²) in [6.07, 6.45) is 22.1. The molecule has 35 nitrogen and oxygen atoms in total. The summed E-state index contributed by atoms with van der Waals surface area (Å²) in [5, 5.41) is 49.3. The maximum Gasteiger partial charge on any atom is 0.256 e. The molecule has 0 bridgehead atoms. The summed E-state index contributed by atoms with van der Waals surface area (Å²) in [6, 6.07) is 46.2. The van der Waals surface area contributed by atoms with E-state index in [9.17, 15) is 29.7 Å². The number of amides is 4. The van der Waals surface area contributed by atoms with Crippen LogP contribution in [0.1, 0.15) is 109 Å². The molecule has 3 saturated carbocycles. The van der Waals surface area contributed by atoms with E-state index in [1.807, 2.05) is 138 Å². The molecule has 0 spiro atoms. The fourth-order valence-electron chi connectivity index (χ4n) is 18.9. The van der Waals surface area contributed by atoms with Gasteiger partial charge in [0.15, 0.2) is 17.5 Å². The molecule has 4 aliphatic heterocycles. The molecule has 20 rings (SSSR count). The Labute approximate surface area is 812 Å². The van der Waals surface area contributed by atoms with E-state index >= 15 is 0 Å². The van der Waals surface area contributed by atoms with Crippen molar-refractivity contribution in [3.05, 3.63) is 224 Å². The second-order valence-electron chi connectivity index (χ2n) is 36.6. The molecule has 4 amide bonds. The average Bonchev–Trinajstić information content (AvgIpc) is 1.48. The number of aromatic nitrogens is 12. The Morgan fingerprint density at radius 2 is 1.01 bits per heavy atom. The van der Waals surface area contributed by atoms with Crippen LogP contribution in [0, 0.1) is 48.3 Å². The number of anilines is 12. The van der Waals surface area contributed by atoms with Gasteiger partial charge in [-0.05, 0) is 158 Å². The first kappa shape index (κ1) is 94.7. The van der Waals surface area contributed by atoms with E-state index in [1.165, 1.54) is 50.6 Å². The highest BCUT2D eigenvalue weighted by Gasteiger charge is 2.46. The molecule has 7 aliphatic rings. The number of pyridine rings is 2. The SMILES string of the molecule is C=CC(=O)Nc1cc(Nc2ncc(C#N)c(-c3cn(C4CC4)c4ccccc34)n2)c(OC)cc1N1CCC(N2CC(OCC)C2)CC1.C=CC(=O)Nc1cc(Nc2ncc(C#N)c(-c3cn(C4CC4)c4ccccc34)n2)c(OC)nc1N1C[C@@H]2CN(C3CC3)C[C@@H]2C1.C=CC(=O)Nc1cc(Nc2ncc(C(=O)NCc3ccc(C)cc3)c(-n3nc(C)c4ccccc43)n2)c(OC)nc1N(C)CCN(C)C. The molecule has 12 heterocycles. The summed E-state index contributed by atoms with van der Waals surface area (Å²) in [6.45, 7) is 27.0. The molecule has 7 fully saturated rings. The number of para-hydroxylation sites is 3. The lowest BCUT2D eigenvalue weighted by Gasteiger charge is -2.47. The van der Waals surface area contributed by atoms with Crippen molar-refractivity contribution in [2.75, 3.05) is 161 Å². The van der Waals surface area contributed by atoms with Gasteiger partial charge in [0.2, 0.25) is 47.3 Å². The normalized spacial score (nSPS) is 16.3. The van der Waals surface area contributed by atoms with E-state index in [4.69, 9.17) is 49.0 Å². The lowest BCUT2D eigenvalue weighted by atomic mass is 9.98. The third-order valence-electron chi connectivity index (χ3n) is 26.7. The van der Waals surface area contributed by atoms with Gasteiger partial charge in [0.1, 0.15) is 34.8 Å². The van der Waals surface area contributed by atoms with Crippen molar-refractivity contribution < 1.29 is 38.1 Å². The monoisotopic (exact) mass is 1880 g/mol. The number of piperidine rings is 1. The first-order chi connectivity index (χ1) is 68.1. The van der Waals surface area contributed by atoms with Crippen LogP contribution in [0.2, 0.25) is 0 Å². The van der Waals surface area contributed by atoms with Crippen molar-refractivity contribution in [2.24, 2.45) is 11.8 Å². The number of rotatable bonds is 33. The molecular formula is C105H115N27O8. The zero-order valence-corrected chi connectivity index (χ0v) is 80.2. The Hall–Kier alpha value is -15.7. The van der Waals surface area contributed by atoms with E-state index in [1.54, 1.807) is 31.2 Å². The molecule has 5 aromatic carbocycles. The van der Waals surface area contributed by atoms with Crippen molar-refractivity contribution in [1.29, 1.82) is 10.5 Å². The van der Waals surface area contributed by atoms with Crippen LogP contribution in [0.4, 0.5) is 69.3 Å². The molecule has 0 unspecified atom stereocenters. The summed E-state index contributed by atoms with van der Waals surface area (Å²) >= 11 is 0. The van der Waals surface area contributed by atoms with Crippen molar-refractivity contribution in [1.82, 2.24) is 78.8 Å². The van der Waals surface area contributed by atoms with Crippen LogP contribution in [0.15, 0.2) is 190 Å².